The summed E-state index contributed by atoms with van der Waals surface area (Å²) in [5.74, 6) is 0.285. The van der Waals surface area contributed by atoms with E-state index in [4.69, 9.17) is 5.73 Å². The summed E-state index contributed by atoms with van der Waals surface area (Å²) in [6.07, 6.45) is 4.14. The maximum absolute atomic E-state index is 11.8. The fraction of sp³-hybridized carbons (Fsp3) is 0.917. The molecule has 4 heteroatoms. The highest BCUT2D eigenvalue weighted by molar-refractivity contribution is 5.76. The third-order valence-corrected chi connectivity index (χ3v) is 3.54. The highest BCUT2D eigenvalue weighted by Gasteiger charge is 2.31. The molecular formula is C12H23N3O. The van der Waals surface area contributed by atoms with E-state index in [2.05, 4.69) is 4.90 Å². The maximum Gasteiger partial charge on any atom is 0.222 e. The Morgan fingerprint density at radius 3 is 2.44 bits per heavy atom. The molecule has 1 amide bonds. The van der Waals surface area contributed by atoms with Crippen LogP contribution in [0.15, 0.2) is 0 Å². The number of piperazine rings is 1. The highest BCUT2D eigenvalue weighted by Crippen LogP contribution is 2.27. The van der Waals surface area contributed by atoms with Gasteiger partial charge in [-0.2, -0.15) is 0 Å². The number of carbonyl (C=O) groups excluding carboxylic acids is 1. The van der Waals surface area contributed by atoms with Gasteiger partial charge < -0.3 is 10.6 Å². The quantitative estimate of drug-likeness (QED) is 0.754. The van der Waals surface area contributed by atoms with Gasteiger partial charge in [-0.05, 0) is 26.2 Å². The van der Waals surface area contributed by atoms with Crippen LogP contribution in [0.1, 0.15) is 32.6 Å². The van der Waals surface area contributed by atoms with Crippen LogP contribution in [-0.4, -0.2) is 54.0 Å². The molecule has 1 saturated carbocycles. The number of amides is 1. The summed E-state index contributed by atoms with van der Waals surface area (Å²) in [7, 11) is 0. The Hall–Kier alpha value is -0.610. The number of rotatable bonds is 4. The molecule has 2 fully saturated rings. The minimum absolute atomic E-state index is 0.136. The zero-order chi connectivity index (χ0) is 11.5. The Labute approximate surface area is 97.8 Å². The van der Waals surface area contributed by atoms with Gasteiger partial charge in [-0.3, -0.25) is 9.69 Å². The SMILES string of the molecule is CC(N)CCC(=O)N1CCN(C2CC2)CC1. The molecule has 0 aromatic carbocycles. The Morgan fingerprint density at radius 1 is 1.31 bits per heavy atom. The van der Waals surface area contributed by atoms with Gasteiger partial charge in [0.05, 0.1) is 0 Å². The molecule has 1 saturated heterocycles. The van der Waals surface area contributed by atoms with Crippen molar-refractivity contribution in [3.63, 3.8) is 0 Å². The fourth-order valence-electron chi connectivity index (χ4n) is 2.29. The summed E-state index contributed by atoms with van der Waals surface area (Å²) in [6.45, 7) is 5.91. The second kappa shape index (κ2) is 5.15. The molecule has 0 aromatic heterocycles. The first-order valence-electron chi connectivity index (χ1n) is 6.44. The molecule has 0 aromatic rings. The van der Waals surface area contributed by atoms with E-state index in [9.17, 15) is 4.79 Å². The standard InChI is InChI=1S/C12H23N3O/c1-10(13)2-5-12(16)15-8-6-14(7-9-15)11-3-4-11/h10-11H,2-9,13H2,1H3. The molecule has 4 nitrogen and oxygen atoms in total. The molecule has 1 aliphatic carbocycles. The van der Waals surface area contributed by atoms with Crippen LogP contribution in [0, 0.1) is 0 Å². The van der Waals surface area contributed by atoms with Crippen molar-refractivity contribution in [2.24, 2.45) is 5.73 Å². The van der Waals surface area contributed by atoms with Gasteiger partial charge in [0.1, 0.15) is 0 Å². The van der Waals surface area contributed by atoms with E-state index in [1.54, 1.807) is 0 Å². The maximum atomic E-state index is 11.8. The number of nitrogens with zero attached hydrogens (tertiary/aromatic N) is 2. The first-order valence-corrected chi connectivity index (χ1v) is 6.44. The van der Waals surface area contributed by atoms with Gasteiger partial charge in [0.15, 0.2) is 0 Å². The molecule has 2 rings (SSSR count). The van der Waals surface area contributed by atoms with Crippen LogP contribution in [0.4, 0.5) is 0 Å². The van der Waals surface area contributed by atoms with Crippen molar-refractivity contribution >= 4 is 5.91 Å². The molecule has 0 radical (unpaired) electrons. The average molecular weight is 225 g/mol. The van der Waals surface area contributed by atoms with E-state index in [-0.39, 0.29) is 11.9 Å². The fourth-order valence-corrected chi connectivity index (χ4v) is 2.29. The van der Waals surface area contributed by atoms with Crippen molar-refractivity contribution in [1.82, 2.24) is 9.80 Å². The molecule has 2 N–H and O–H groups in total. The zero-order valence-electron chi connectivity index (χ0n) is 10.2. The van der Waals surface area contributed by atoms with Crippen LogP contribution >= 0.6 is 0 Å². The van der Waals surface area contributed by atoms with Gasteiger partial charge in [-0.1, -0.05) is 0 Å². The Bertz CT molecular complexity index is 243. The monoisotopic (exact) mass is 225 g/mol. The van der Waals surface area contributed by atoms with Gasteiger partial charge >= 0.3 is 0 Å². The minimum Gasteiger partial charge on any atom is -0.340 e. The Balaban J connectivity index is 1.68. The molecule has 1 unspecified atom stereocenters. The third kappa shape index (κ3) is 3.19. The topological polar surface area (TPSA) is 49.6 Å². The lowest BCUT2D eigenvalue weighted by atomic mass is 10.1. The smallest absolute Gasteiger partial charge is 0.222 e. The van der Waals surface area contributed by atoms with Crippen molar-refractivity contribution in [2.45, 2.75) is 44.7 Å². The largest absolute Gasteiger partial charge is 0.340 e. The molecule has 1 atom stereocenters. The third-order valence-electron chi connectivity index (χ3n) is 3.54. The molecule has 2 aliphatic rings. The first kappa shape index (κ1) is 11.9. The number of nitrogens with two attached hydrogens (primary N) is 1. The molecule has 1 aliphatic heterocycles. The van der Waals surface area contributed by atoms with Gasteiger partial charge in [0.2, 0.25) is 5.91 Å². The molecule has 0 bridgehead atoms. The Kier molecular flexibility index (Phi) is 3.82. The van der Waals surface area contributed by atoms with E-state index < -0.39 is 0 Å². The summed E-state index contributed by atoms with van der Waals surface area (Å²) in [5, 5.41) is 0. The van der Waals surface area contributed by atoms with Crippen molar-refractivity contribution in [1.29, 1.82) is 0 Å². The van der Waals surface area contributed by atoms with Crippen molar-refractivity contribution in [3.8, 4) is 0 Å². The summed E-state index contributed by atoms with van der Waals surface area (Å²) >= 11 is 0. The number of carbonyl (C=O) groups is 1. The summed E-state index contributed by atoms with van der Waals surface area (Å²) in [6, 6.07) is 0.970. The second-order valence-electron chi connectivity index (χ2n) is 5.16. The van der Waals surface area contributed by atoms with Crippen LogP contribution in [0.25, 0.3) is 0 Å². The first-order chi connectivity index (χ1) is 7.66. The summed E-state index contributed by atoms with van der Waals surface area (Å²) in [5.41, 5.74) is 5.66. The predicted octanol–water partition coefficient (Wildman–Crippen LogP) is 0.420. The molecule has 0 spiro atoms. The highest BCUT2D eigenvalue weighted by atomic mass is 16.2. The van der Waals surface area contributed by atoms with Crippen molar-refractivity contribution in [3.05, 3.63) is 0 Å². The van der Waals surface area contributed by atoms with E-state index in [0.717, 1.165) is 38.6 Å². The van der Waals surface area contributed by atoms with Gasteiger partial charge in [-0.25, -0.2) is 0 Å². The molecule has 16 heavy (non-hydrogen) atoms. The second-order valence-corrected chi connectivity index (χ2v) is 5.16. The van der Waals surface area contributed by atoms with Crippen LogP contribution in [0.2, 0.25) is 0 Å². The van der Waals surface area contributed by atoms with Crippen LogP contribution in [0.3, 0.4) is 0 Å². The number of hydrogen-bond acceptors (Lipinski definition) is 3. The van der Waals surface area contributed by atoms with Crippen molar-refractivity contribution < 1.29 is 4.79 Å². The lowest BCUT2D eigenvalue weighted by Crippen LogP contribution is -2.49. The summed E-state index contributed by atoms with van der Waals surface area (Å²) in [4.78, 5) is 16.4. The minimum atomic E-state index is 0.136. The van der Waals surface area contributed by atoms with Crippen LogP contribution < -0.4 is 5.73 Å². The van der Waals surface area contributed by atoms with Crippen LogP contribution in [0.5, 0.6) is 0 Å². The van der Waals surface area contributed by atoms with E-state index in [1.807, 2.05) is 11.8 Å². The zero-order valence-corrected chi connectivity index (χ0v) is 10.2. The lowest BCUT2D eigenvalue weighted by Gasteiger charge is -2.35. The predicted molar refractivity (Wildman–Crippen MR) is 64.1 cm³/mol. The average Bonchev–Trinajstić information content (AvgIpc) is 3.10. The number of hydrogen-bond donors (Lipinski definition) is 1. The van der Waals surface area contributed by atoms with Crippen molar-refractivity contribution in [2.75, 3.05) is 26.2 Å². The van der Waals surface area contributed by atoms with E-state index in [1.165, 1.54) is 12.8 Å². The van der Waals surface area contributed by atoms with E-state index >= 15 is 0 Å². The Morgan fingerprint density at radius 2 is 1.94 bits per heavy atom. The molecule has 1 heterocycles. The van der Waals surface area contributed by atoms with E-state index in [0.29, 0.717) is 6.42 Å². The van der Waals surface area contributed by atoms with Gasteiger partial charge in [0.25, 0.3) is 0 Å². The van der Waals surface area contributed by atoms with Crippen LogP contribution in [-0.2, 0) is 4.79 Å². The summed E-state index contributed by atoms with van der Waals surface area (Å²) < 4.78 is 0. The molecular weight excluding hydrogens is 202 g/mol. The molecule has 92 valence electrons. The normalized spacial score (nSPS) is 24.5. The van der Waals surface area contributed by atoms with Gasteiger partial charge in [-0.15, -0.1) is 0 Å². The van der Waals surface area contributed by atoms with Gasteiger partial charge in [0, 0.05) is 44.7 Å². The lowest BCUT2D eigenvalue weighted by molar-refractivity contribution is -0.133.